The normalized spacial score (nSPS) is 17.9. The van der Waals surface area contributed by atoms with E-state index < -0.39 is 0 Å². The van der Waals surface area contributed by atoms with Crippen LogP contribution in [0.2, 0.25) is 0 Å². The fourth-order valence-electron chi connectivity index (χ4n) is 3.08. The summed E-state index contributed by atoms with van der Waals surface area (Å²) in [4.78, 5) is 34.5. The van der Waals surface area contributed by atoms with E-state index in [9.17, 15) is 9.59 Å². The molecule has 3 aromatic rings. The Balaban J connectivity index is 1.73. The van der Waals surface area contributed by atoms with Gasteiger partial charge in [-0.1, -0.05) is 0 Å². The predicted octanol–water partition coefficient (Wildman–Crippen LogP) is 1.89. The molecule has 2 unspecified atom stereocenters. The van der Waals surface area contributed by atoms with Crippen LogP contribution >= 0.6 is 0 Å². The number of H-pyrrole nitrogens is 1. The second kappa shape index (κ2) is 6.59. The summed E-state index contributed by atoms with van der Waals surface area (Å²) in [6.45, 7) is 2.55. The molecular formula is C19H18N4O3. The number of hydrogen-bond donors (Lipinski definition) is 2. The molecule has 1 saturated heterocycles. The van der Waals surface area contributed by atoms with Crippen LogP contribution in [-0.2, 0) is 4.79 Å². The van der Waals surface area contributed by atoms with E-state index in [-0.39, 0.29) is 23.5 Å². The van der Waals surface area contributed by atoms with Gasteiger partial charge in [0.05, 0.1) is 16.6 Å². The number of pyridine rings is 3. The molecule has 0 saturated carbocycles. The third-order valence-corrected chi connectivity index (χ3v) is 4.61. The van der Waals surface area contributed by atoms with Crippen molar-refractivity contribution in [3.05, 3.63) is 53.1 Å². The zero-order valence-electron chi connectivity index (χ0n) is 14.2. The van der Waals surface area contributed by atoms with Crippen molar-refractivity contribution in [2.75, 3.05) is 6.54 Å². The van der Waals surface area contributed by atoms with Gasteiger partial charge in [0.25, 0.3) is 0 Å². The highest BCUT2D eigenvalue weighted by molar-refractivity contribution is 5.86. The van der Waals surface area contributed by atoms with Crippen LogP contribution in [0.1, 0.15) is 13.3 Å². The Bertz CT molecular complexity index is 1010. The molecule has 26 heavy (non-hydrogen) atoms. The van der Waals surface area contributed by atoms with Crippen molar-refractivity contribution in [3.63, 3.8) is 0 Å². The molecular weight excluding hydrogens is 332 g/mol. The largest absolute Gasteiger partial charge is 0.474 e. The molecule has 4 rings (SSSR count). The number of hydrogen-bond acceptors (Lipinski definition) is 5. The Morgan fingerprint density at radius 1 is 1.27 bits per heavy atom. The summed E-state index contributed by atoms with van der Waals surface area (Å²) >= 11 is 0. The lowest BCUT2D eigenvalue weighted by molar-refractivity contribution is -0.119. The molecule has 1 aliphatic rings. The van der Waals surface area contributed by atoms with Gasteiger partial charge in [-0.2, -0.15) is 0 Å². The van der Waals surface area contributed by atoms with Gasteiger partial charge in [0.1, 0.15) is 6.10 Å². The SMILES string of the molecule is CC(Oc1nc(-c2ccc(=O)[nH]c2)cc2ncccc12)C1CNC(=O)C1. The van der Waals surface area contributed by atoms with E-state index >= 15 is 0 Å². The van der Waals surface area contributed by atoms with E-state index in [4.69, 9.17) is 4.74 Å². The van der Waals surface area contributed by atoms with Gasteiger partial charge in [0.15, 0.2) is 0 Å². The van der Waals surface area contributed by atoms with Crippen molar-refractivity contribution in [3.8, 4) is 17.1 Å². The average Bonchev–Trinajstić information content (AvgIpc) is 3.09. The molecule has 0 spiro atoms. The van der Waals surface area contributed by atoms with Crippen molar-refractivity contribution in [1.29, 1.82) is 0 Å². The maximum Gasteiger partial charge on any atom is 0.247 e. The second-order valence-corrected chi connectivity index (χ2v) is 6.42. The van der Waals surface area contributed by atoms with Gasteiger partial charge in [-0.25, -0.2) is 4.98 Å². The molecule has 0 aliphatic carbocycles. The van der Waals surface area contributed by atoms with Crippen LogP contribution in [0.5, 0.6) is 5.88 Å². The van der Waals surface area contributed by atoms with Gasteiger partial charge >= 0.3 is 0 Å². The molecule has 132 valence electrons. The summed E-state index contributed by atoms with van der Waals surface area (Å²) in [6.07, 6.45) is 3.62. The first-order valence-electron chi connectivity index (χ1n) is 8.48. The molecule has 1 aliphatic heterocycles. The number of nitrogens with zero attached hydrogens (tertiary/aromatic N) is 2. The lowest BCUT2D eigenvalue weighted by Gasteiger charge is -2.20. The Morgan fingerprint density at radius 2 is 2.15 bits per heavy atom. The second-order valence-electron chi connectivity index (χ2n) is 6.42. The van der Waals surface area contributed by atoms with Gasteiger partial charge in [-0.05, 0) is 31.2 Å². The van der Waals surface area contributed by atoms with E-state index in [2.05, 4.69) is 20.3 Å². The van der Waals surface area contributed by atoms with Crippen molar-refractivity contribution >= 4 is 16.8 Å². The molecule has 2 N–H and O–H groups in total. The summed E-state index contributed by atoms with van der Waals surface area (Å²) in [7, 11) is 0. The standard InChI is InChI=1S/C19H18N4O3/c1-11(13-7-18(25)22-10-13)26-19-14-3-2-6-20-16(14)8-15(23-19)12-4-5-17(24)21-9-12/h2-6,8-9,11,13H,7,10H2,1H3,(H,21,24)(H,22,25). The highest BCUT2D eigenvalue weighted by Gasteiger charge is 2.28. The number of fused-ring (bicyclic) bond motifs is 1. The summed E-state index contributed by atoms with van der Waals surface area (Å²) in [5.41, 5.74) is 2.02. The maximum absolute atomic E-state index is 11.5. The quantitative estimate of drug-likeness (QED) is 0.749. The minimum atomic E-state index is -0.171. The Morgan fingerprint density at radius 3 is 2.88 bits per heavy atom. The molecule has 2 atom stereocenters. The summed E-state index contributed by atoms with van der Waals surface area (Å²) in [5.74, 6) is 0.628. The zero-order valence-corrected chi connectivity index (χ0v) is 14.2. The number of nitrogens with one attached hydrogen (secondary N) is 2. The van der Waals surface area contributed by atoms with Crippen LogP contribution in [0.25, 0.3) is 22.2 Å². The third-order valence-electron chi connectivity index (χ3n) is 4.61. The van der Waals surface area contributed by atoms with Crippen molar-refractivity contribution in [2.24, 2.45) is 5.92 Å². The Labute approximate surface area is 149 Å². The first-order valence-corrected chi connectivity index (χ1v) is 8.48. The van der Waals surface area contributed by atoms with E-state index in [1.54, 1.807) is 18.5 Å². The molecule has 1 amide bonds. The Hall–Kier alpha value is -3.22. The molecule has 0 bridgehead atoms. The summed E-state index contributed by atoms with van der Waals surface area (Å²) in [5, 5.41) is 3.64. The first-order chi connectivity index (χ1) is 12.6. The minimum Gasteiger partial charge on any atom is -0.474 e. The van der Waals surface area contributed by atoms with Crippen molar-refractivity contribution in [2.45, 2.75) is 19.4 Å². The summed E-state index contributed by atoms with van der Waals surface area (Å²) < 4.78 is 6.13. The fraction of sp³-hybridized carbons (Fsp3) is 0.263. The third kappa shape index (κ3) is 3.15. The lowest BCUT2D eigenvalue weighted by Crippen LogP contribution is -2.26. The number of amides is 1. The molecule has 0 radical (unpaired) electrons. The molecule has 3 aromatic heterocycles. The van der Waals surface area contributed by atoms with Gasteiger partial charge in [-0.3, -0.25) is 14.6 Å². The van der Waals surface area contributed by atoms with Gasteiger partial charge in [0.2, 0.25) is 17.3 Å². The highest BCUT2D eigenvalue weighted by atomic mass is 16.5. The topological polar surface area (TPSA) is 97.0 Å². The number of carbonyl (C=O) groups excluding carboxylic acids is 1. The zero-order chi connectivity index (χ0) is 18.1. The van der Waals surface area contributed by atoms with Crippen LogP contribution in [-0.4, -0.2) is 33.5 Å². The minimum absolute atomic E-state index is 0.0481. The molecule has 1 fully saturated rings. The highest BCUT2D eigenvalue weighted by Crippen LogP contribution is 2.29. The van der Waals surface area contributed by atoms with Crippen LogP contribution < -0.4 is 15.6 Å². The number of rotatable bonds is 4. The van der Waals surface area contributed by atoms with Crippen LogP contribution in [0.4, 0.5) is 0 Å². The molecule has 0 aromatic carbocycles. The fourth-order valence-corrected chi connectivity index (χ4v) is 3.08. The van der Waals surface area contributed by atoms with Gasteiger partial charge in [-0.15, -0.1) is 0 Å². The van der Waals surface area contributed by atoms with E-state index in [0.717, 1.165) is 16.5 Å². The maximum atomic E-state index is 11.5. The number of ether oxygens (including phenoxy) is 1. The molecule has 7 nitrogen and oxygen atoms in total. The van der Waals surface area contributed by atoms with Crippen LogP contribution in [0.3, 0.4) is 0 Å². The van der Waals surface area contributed by atoms with Crippen LogP contribution in [0.15, 0.2) is 47.5 Å². The van der Waals surface area contributed by atoms with E-state index in [0.29, 0.717) is 24.5 Å². The van der Waals surface area contributed by atoms with E-state index in [1.165, 1.54) is 6.07 Å². The van der Waals surface area contributed by atoms with E-state index in [1.807, 2.05) is 25.1 Å². The summed E-state index contributed by atoms with van der Waals surface area (Å²) in [6, 6.07) is 8.77. The number of carbonyl (C=O) groups is 1. The molecule has 4 heterocycles. The van der Waals surface area contributed by atoms with Crippen molar-refractivity contribution in [1.82, 2.24) is 20.3 Å². The first kappa shape index (κ1) is 16.3. The lowest BCUT2D eigenvalue weighted by atomic mass is 10.0. The number of aromatic nitrogens is 3. The van der Waals surface area contributed by atoms with Crippen molar-refractivity contribution < 1.29 is 9.53 Å². The smallest absolute Gasteiger partial charge is 0.247 e. The van der Waals surface area contributed by atoms with Gasteiger partial charge < -0.3 is 15.0 Å². The van der Waals surface area contributed by atoms with Gasteiger partial charge in [0, 0.05) is 42.9 Å². The molecule has 7 heteroatoms. The van der Waals surface area contributed by atoms with Crippen LogP contribution in [0, 0.1) is 5.92 Å². The monoisotopic (exact) mass is 350 g/mol. The number of aromatic amines is 1. The Kier molecular flexibility index (Phi) is 4.12. The predicted molar refractivity (Wildman–Crippen MR) is 96.8 cm³/mol. The average molecular weight is 350 g/mol.